The van der Waals surface area contributed by atoms with Gasteiger partial charge in [0, 0.05) is 19.8 Å². The van der Waals surface area contributed by atoms with Gasteiger partial charge in [-0.25, -0.2) is 4.79 Å². The minimum atomic E-state index is -0.457. The Hall–Kier alpha value is -0.810. The van der Waals surface area contributed by atoms with E-state index < -0.39 is 5.60 Å². The maximum absolute atomic E-state index is 12.0. The fourth-order valence-electron chi connectivity index (χ4n) is 2.24. The van der Waals surface area contributed by atoms with Crippen LogP contribution in [0.4, 0.5) is 4.79 Å². The standard InChI is InChI=1S/C15H29NO4/c1-14(2,3)20-13(18)16-9-8-15(4,12-16)19-11-7-5-6-10-17/h17H,5-12H2,1-4H3. The van der Waals surface area contributed by atoms with Crippen LogP contribution in [0.1, 0.15) is 53.4 Å². The summed E-state index contributed by atoms with van der Waals surface area (Å²) in [6.45, 7) is 9.85. The summed E-state index contributed by atoms with van der Waals surface area (Å²) in [5.74, 6) is 0. The van der Waals surface area contributed by atoms with Crippen molar-refractivity contribution in [1.82, 2.24) is 4.90 Å². The highest BCUT2D eigenvalue weighted by atomic mass is 16.6. The Bertz CT molecular complexity index is 313. The number of aliphatic hydroxyl groups excluding tert-OH is 1. The van der Waals surface area contributed by atoms with Crippen LogP contribution in [0.3, 0.4) is 0 Å². The molecule has 0 aliphatic carbocycles. The van der Waals surface area contributed by atoms with Gasteiger partial charge < -0.3 is 19.5 Å². The number of hydrogen-bond acceptors (Lipinski definition) is 4. The molecule has 1 heterocycles. The summed E-state index contributed by atoms with van der Waals surface area (Å²) in [6.07, 6.45) is 3.33. The molecule has 118 valence electrons. The van der Waals surface area contributed by atoms with Gasteiger partial charge in [0.05, 0.1) is 12.1 Å². The van der Waals surface area contributed by atoms with Crippen molar-refractivity contribution in [3.63, 3.8) is 0 Å². The molecule has 0 radical (unpaired) electrons. The zero-order valence-corrected chi connectivity index (χ0v) is 13.3. The number of hydrogen-bond donors (Lipinski definition) is 1. The van der Waals surface area contributed by atoms with E-state index in [9.17, 15) is 4.79 Å². The number of carbonyl (C=O) groups is 1. The first-order valence-corrected chi connectivity index (χ1v) is 7.48. The molecule has 1 saturated heterocycles. The van der Waals surface area contributed by atoms with E-state index in [1.807, 2.05) is 27.7 Å². The Labute approximate surface area is 122 Å². The van der Waals surface area contributed by atoms with Gasteiger partial charge in [-0.2, -0.15) is 0 Å². The molecule has 0 spiro atoms. The van der Waals surface area contributed by atoms with Crippen molar-refractivity contribution < 1.29 is 19.4 Å². The molecule has 0 saturated carbocycles. The van der Waals surface area contributed by atoms with E-state index in [-0.39, 0.29) is 18.3 Å². The third kappa shape index (κ3) is 6.09. The van der Waals surface area contributed by atoms with Gasteiger partial charge in [-0.15, -0.1) is 0 Å². The second kappa shape index (κ2) is 7.27. The van der Waals surface area contributed by atoms with Crippen LogP contribution in [-0.2, 0) is 9.47 Å². The molecule has 20 heavy (non-hydrogen) atoms. The van der Waals surface area contributed by atoms with Crippen molar-refractivity contribution in [1.29, 1.82) is 0 Å². The lowest BCUT2D eigenvalue weighted by Crippen LogP contribution is -2.39. The van der Waals surface area contributed by atoms with Crippen LogP contribution < -0.4 is 0 Å². The second-order valence-electron chi connectivity index (χ2n) is 6.73. The van der Waals surface area contributed by atoms with Crippen molar-refractivity contribution >= 4 is 6.09 Å². The van der Waals surface area contributed by atoms with Crippen LogP contribution in [-0.4, -0.2) is 53.6 Å². The van der Waals surface area contributed by atoms with E-state index in [1.54, 1.807) is 4.90 Å². The maximum atomic E-state index is 12.0. The molecular weight excluding hydrogens is 258 g/mol. The monoisotopic (exact) mass is 287 g/mol. The number of carbonyl (C=O) groups excluding carboxylic acids is 1. The lowest BCUT2D eigenvalue weighted by Gasteiger charge is -2.27. The second-order valence-corrected chi connectivity index (χ2v) is 6.73. The third-order valence-corrected chi connectivity index (χ3v) is 3.34. The molecular formula is C15H29NO4. The molecule has 1 fully saturated rings. The van der Waals surface area contributed by atoms with E-state index in [0.29, 0.717) is 19.7 Å². The Morgan fingerprint density at radius 1 is 1.30 bits per heavy atom. The van der Waals surface area contributed by atoms with Crippen molar-refractivity contribution in [2.75, 3.05) is 26.3 Å². The molecule has 1 N–H and O–H groups in total. The fraction of sp³-hybridized carbons (Fsp3) is 0.933. The van der Waals surface area contributed by atoms with Crippen LogP contribution in [0.5, 0.6) is 0 Å². The molecule has 0 aromatic heterocycles. The van der Waals surface area contributed by atoms with Gasteiger partial charge in [0.15, 0.2) is 0 Å². The number of likely N-dealkylation sites (tertiary alicyclic amines) is 1. The van der Waals surface area contributed by atoms with Crippen LogP contribution >= 0.6 is 0 Å². The largest absolute Gasteiger partial charge is 0.444 e. The predicted octanol–water partition coefficient (Wildman–Crippen LogP) is 2.57. The summed E-state index contributed by atoms with van der Waals surface area (Å²) < 4.78 is 11.3. The van der Waals surface area contributed by atoms with Gasteiger partial charge >= 0.3 is 6.09 Å². The minimum absolute atomic E-state index is 0.240. The number of rotatable bonds is 6. The maximum Gasteiger partial charge on any atom is 0.410 e. The molecule has 1 aliphatic rings. The summed E-state index contributed by atoms with van der Waals surface area (Å²) in [7, 11) is 0. The zero-order chi connectivity index (χ0) is 15.2. The Morgan fingerprint density at radius 2 is 2.00 bits per heavy atom. The van der Waals surface area contributed by atoms with Crippen molar-refractivity contribution in [2.24, 2.45) is 0 Å². The number of unbranched alkanes of at least 4 members (excludes halogenated alkanes) is 2. The molecule has 1 aliphatic heterocycles. The SMILES string of the molecule is CC(C)(C)OC(=O)N1CCC(C)(OCCCCCO)C1. The lowest BCUT2D eigenvalue weighted by atomic mass is 10.1. The van der Waals surface area contributed by atoms with E-state index in [4.69, 9.17) is 14.6 Å². The number of nitrogens with zero attached hydrogens (tertiary/aromatic N) is 1. The van der Waals surface area contributed by atoms with Crippen LogP contribution in [0.15, 0.2) is 0 Å². The van der Waals surface area contributed by atoms with Crippen LogP contribution in [0.25, 0.3) is 0 Å². The highest BCUT2D eigenvalue weighted by molar-refractivity contribution is 5.68. The Morgan fingerprint density at radius 3 is 2.60 bits per heavy atom. The van der Waals surface area contributed by atoms with E-state index in [1.165, 1.54) is 0 Å². The Balaban J connectivity index is 2.31. The summed E-state index contributed by atoms with van der Waals surface area (Å²) in [6, 6.07) is 0. The molecule has 0 aromatic rings. The number of amides is 1. The molecule has 5 heteroatoms. The van der Waals surface area contributed by atoms with E-state index >= 15 is 0 Å². The topological polar surface area (TPSA) is 59.0 Å². The van der Waals surface area contributed by atoms with Gasteiger partial charge in [0.1, 0.15) is 5.60 Å². The molecule has 0 aromatic carbocycles. The Kier molecular flexibility index (Phi) is 6.27. The normalized spacial score (nSPS) is 23.1. The van der Waals surface area contributed by atoms with Gasteiger partial charge in [-0.05, 0) is 53.4 Å². The average molecular weight is 287 g/mol. The number of ether oxygens (including phenoxy) is 2. The zero-order valence-electron chi connectivity index (χ0n) is 13.3. The van der Waals surface area contributed by atoms with Crippen molar-refractivity contribution in [3.05, 3.63) is 0 Å². The smallest absolute Gasteiger partial charge is 0.410 e. The average Bonchev–Trinajstić information content (AvgIpc) is 2.70. The van der Waals surface area contributed by atoms with Gasteiger partial charge in [0.2, 0.25) is 0 Å². The van der Waals surface area contributed by atoms with E-state index in [0.717, 1.165) is 25.7 Å². The van der Waals surface area contributed by atoms with Crippen LogP contribution in [0.2, 0.25) is 0 Å². The molecule has 1 unspecified atom stereocenters. The molecule has 1 amide bonds. The minimum Gasteiger partial charge on any atom is -0.444 e. The quantitative estimate of drug-likeness (QED) is 0.763. The first-order chi connectivity index (χ1) is 9.26. The van der Waals surface area contributed by atoms with Gasteiger partial charge in [-0.3, -0.25) is 0 Å². The molecule has 5 nitrogen and oxygen atoms in total. The predicted molar refractivity (Wildman–Crippen MR) is 77.7 cm³/mol. The molecule has 1 rings (SSSR count). The highest BCUT2D eigenvalue weighted by Crippen LogP contribution is 2.26. The van der Waals surface area contributed by atoms with Crippen LogP contribution in [0, 0.1) is 0 Å². The van der Waals surface area contributed by atoms with Gasteiger partial charge in [-0.1, -0.05) is 0 Å². The van der Waals surface area contributed by atoms with Gasteiger partial charge in [0.25, 0.3) is 0 Å². The summed E-state index contributed by atoms with van der Waals surface area (Å²) >= 11 is 0. The van der Waals surface area contributed by atoms with Crippen molar-refractivity contribution in [3.8, 4) is 0 Å². The summed E-state index contributed by atoms with van der Waals surface area (Å²) in [4.78, 5) is 13.7. The van der Waals surface area contributed by atoms with Crippen molar-refractivity contribution in [2.45, 2.75) is 64.6 Å². The molecule has 1 atom stereocenters. The summed E-state index contributed by atoms with van der Waals surface area (Å²) in [5.41, 5.74) is -0.725. The first-order valence-electron chi connectivity index (χ1n) is 7.48. The van der Waals surface area contributed by atoms with E-state index in [2.05, 4.69) is 0 Å². The summed E-state index contributed by atoms with van der Waals surface area (Å²) in [5, 5.41) is 8.72. The molecule has 0 bridgehead atoms. The highest BCUT2D eigenvalue weighted by Gasteiger charge is 2.38. The number of aliphatic hydroxyl groups is 1. The first kappa shape index (κ1) is 17.2. The third-order valence-electron chi connectivity index (χ3n) is 3.34. The fourth-order valence-corrected chi connectivity index (χ4v) is 2.24. The lowest BCUT2D eigenvalue weighted by molar-refractivity contribution is -0.0288.